The number of hydrogen-bond acceptors (Lipinski definition) is 8. The van der Waals surface area contributed by atoms with E-state index in [0.717, 1.165) is 11.8 Å². The number of nitrogens with two attached hydrogens (primary N) is 1. The predicted octanol–water partition coefficient (Wildman–Crippen LogP) is 2.75. The van der Waals surface area contributed by atoms with Crippen LogP contribution in [0.15, 0.2) is 33.9 Å². The van der Waals surface area contributed by atoms with Gasteiger partial charge in [0.2, 0.25) is 16.9 Å². The molecule has 0 bridgehead atoms. The van der Waals surface area contributed by atoms with Gasteiger partial charge in [-0.05, 0) is 19.1 Å². The lowest BCUT2D eigenvalue weighted by molar-refractivity contribution is -0.146. The Balaban J connectivity index is 1.73. The lowest BCUT2D eigenvalue weighted by atomic mass is 10.2. The van der Waals surface area contributed by atoms with Crippen molar-refractivity contribution in [3.8, 4) is 17.1 Å². The maximum atomic E-state index is 12.7. The summed E-state index contributed by atoms with van der Waals surface area (Å²) in [6, 6.07) is 7.17. The van der Waals surface area contributed by atoms with Gasteiger partial charge in [-0.2, -0.15) is 18.2 Å². The first-order chi connectivity index (χ1) is 12.4. The Labute approximate surface area is 149 Å². The van der Waals surface area contributed by atoms with E-state index in [2.05, 4.69) is 20.3 Å². The molecule has 0 fully saturated rings. The van der Waals surface area contributed by atoms with E-state index in [-0.39, 0.29) is 16.8 Å². The number of rotatable bonds is 6. The zero-order valence-corrected chi connectivity index (χ0v) is 14.2. The minimum absolute atomic E-state index is 0.0803. The van der Waals surface area contributed by atoms with Crippen LogP contribution < -0.4 is 10.6 Å². The number of aromatic nitrogens is 5. The number of thioether (sulfide) groups is 1. The maximum absolute atomic E-state index is 12.7. The molecule has 0 atom stereocenters. The van der Waals surface area contributed by atoms with E-state index in [1.54, 1.807) is 18.2 Å². The molecule has 3 aromatic rings. The molecule has 0 unspecified atom stereocenters. The van der Waals surface area contributed by atoms with Crippen LogP contribution in [0.25, 0.3) is 11.4 Å². The standard InChI is InChI=1S/C14H13F3N6O2S/c1-2-24-9-6-4-3-5-8(9)11-19-10(25-22-11)7-26-13-21-20-12(23(13)18)14(15,16)17/h3-6H,2,7,18H2,1H3. The molecule has 26 heavy (non-hydrogen) atoms. The Hall–Kier alpha value is -2.76. The molecule has 2 heterocycles. The SMILES string of the molecule is CCOc1ccccc1-c1noc(CSc2nnc(C(F)(F)F)n2N)n1. The van der Waals surface area contributed by atoms with Crippen LogP contribution in [0.3, 0.4) is 0 Å². The Morgan fingerprint density at radius 2 is 2.04 bits per heavy atom. The number of ether oxygens (including phenoxy) is 1. The number of benzene rings is 1. The van der Waals surface area contributed by atoms with Crippen LogP contribution in [-0.4, -0.2) is 31.6 Å². The molecule has 2 N–H and O–H groups in total. The van der Waals surface area contributed by atoms with Crippen molar-refractivity contribution in [1.82, 2.24) is 25.0 Å². The molecule has 0 saturated carbocycles. The van der Waals surface area contributed by atoms with Gasteiger partial charge in [0, 0.05) is 0 Å². The van der Waals surface area contributed by atoms with Crippen LogP contribution in [-0.2, 0) is 11.9 Å². The largest absolute Gasteiger partial charge is 0.493 e. The van der Waals surface area contributed by atoms with Crippen LogP contribution in [0.2, 0.25) is 0 Å². The van der Waals surface area contributed by atoms with E-state index in [4.69, 9.17) is 15.1 Å². The second-order valence-corrected chi connectivity index (χ2v) is 5.85. The normalized spacial score (nSPS) is 11.7. The van der Waals surface area contributed by atoms with Crippen molar-refractivity contribution in [2.24, 2.45) is 0 Å². The Morgan fingerprint density at radius 1 is 1.27 bits per heavy atom. The second-order valence-electron chi connectivity index (χ2n) is 4.90. The maximum Gasteiger partial charge on any atom is 0.453 e. The molecule has 0 radical (unpaired) electrons. The lowest BCUT2D eigenvalue weighted by Crippen LogP contribution is -2.21. The average Bonchev–Trinajstić information content (AvgIpc) is 3.20. The molecule has 138 valence electrons. The van der Waals surface area contributed by atoms with Gasteiger partial charge in [0.15, 0.2) is 0 Å². The highest BCUT2D eigenvalue weighted by molar-refractivity contribution is 7.98. The summed E-state index contributed by atoms with van der Waals surface area (Å²) in [6.07, 6.45) is -4.68. The second kappa shape index (κ2) is 7.23. The Bertz CT molecular complexity index is 895. The third kappa shape index (κ3) is 3.74. The van der Waals surface area contributed by atoms with Crippen LogP contribution in [0.5, 0.6) is 5.75 Å². The highest BCUT2D eigenvalue weighted by atomic mass is 32.2. The van der Waals surface area contributed by atoms with E-state index in [9.17, 15) is 13.2 Å². The van der Waals surface area contributed by atoms with Crippen LogP contribution in [0.1, 0.15) is 18.6 Å². The summed E-state index contributed by atoms with van der Waals surface area (Å²) in [5, 5.41) is 10.2. The fourth-order valence-electron chi connectivity index (χ4n) is 2.05. The van der Waals surface area contributed by atoms with E-state index in [1.807, 2.05) is 13.0 Å². The molecular formula is C14H13F3N6O2S. The zero-order valence-electron chi connectivity index (χ0n) is 13.4. The fourth-order valence-corrected chi connectivity index (χ4v) is 2.74. The first-order valence-corrected chi connectivity index (χ1v) is 8.34. The van der Waals surface area contributed by atoms with Gasteiger partial charge in [-0.3, -0.25) is 0 Å². The lowest BCUT2D eigenvalue weighted by Gasteiger charge is -2.06. The minimum Gasteiger partial charge on any atom is -0.493 e. The molecule has 12 heteroatoms. The number of para-hydroxylation sites is 1. The number of nitrogens with zero attached hydrogens (tertiary/aromatic N) is 5. The molecule has 3 rings (SSSR count). The molecule has 0 amide bonds. The van der Waals surface area contributed by atoms with Crippen molar-refractivity contribution in [1.29, 1.82) is 0 Å². The third-order valence-corrected chi connectivity index (χ3v) is 4.07. The summed E-state index contributed by atoms with van der Waals surface area (Å²) in [5.41, 5.74) is 0.649. The summed E-state index contributed by atoms with van der Waals surface area (Å²) in [4.78, 5) is 4.22. The van der Waals surface area contributed by atoms with Gasteiger partial charge in [-0.25, -0.2) is 4.68 Å². The van der Waals surface area contributed by atoms with Crippen molar-refractivity contribution in [3.05, 3.63) is 36.0 Å². The molecule has 0 saturated heterocycles. The summed E-state index contributed by atoms with van der Waals surface area (Å²) in [7, 11) is 0. The summed E-state index contributed by atoms with van der Waals surface area (Å²) >= 11 is 0.897. The summed E-state index contributed by atoms with van der Waals surface area (Å²) in [6.45, 7) is 2.33. The van der Waals surface area contributed by atoms with Crippen molar-refractivity contribution < 1.29 is 22.4 Å². The van der Waals surface area contributed by atoms with Gasteiger partial charge in [-0.15, -0.1) is 10.2 Å². The van der Waals surface area contributed by atoms with E-state index in [1.165, 1.54) is 0 Å². The number of hydrogen-bond donors (Lipinski definition) is 1. The molecule has 1 aromatic carbocycles. The van der Waals surface area contributed by atoms with Crippen molar-refractivity contribution in [3.63, 3.8) is 0 Å². The fraction of sp³-hybridized carbons (Fsp3) is 0.286. The highest BCUT2D eigenvalue weighted by Crippen LogP contribution is 2.31. The number of halogens is 3. The number of nitrogen functional groups attached to an aromatic ring is 1. The van der Waals surface area contributed by atoms with Crippen LogP contribution >= 0.6 is 11.8 Å². The van der Waals surface area contributed by atoms with Crippen molar-refractivity contribution in [2.45, 2.75) is 24.0 Å². The molecule has 0 spiro atoms. The van der Waals surface area contributed by atoms with Gasteiger partial charge >= 0.3 is 6.18 Å². The summed E-state index contributed by atoms with van der Waals surface area (Å²) < 4.78 is 49.0. The van der Waals surface area contributed by atoms with E-state index in [0.29, 0.717) is 28.4 Å². The number of alkyl halides is 3. The third-order valence-electron chi connectivity index (χ3n) is 3.14. The monoisotopic (exact) mass is 386 g/mol. The average molecular weight is 386 g/mol. The Morgan fingerprint density at radius 3 is 2.73 bits per heavy atom. The van der Waals surface area contributed by atoms with Gasteiger partial charge in [0.25, 0.3) is 5.82 Å². The highest BCUT2D eigenvalue weighted by Gasteiger charge is 2.38. The van der Waals surface area contributed by atoms with Gasteiger partial charge in [0.1, 0.15) is 5.75 Å². The molecule has 2 aromatic heterocycles. The van der Waals surface area contributed by atoms with E-state index < -0.39 is 12.0 Å². The molecule has 8 nitrogen and oxygen atoms in total. The van der Waals surface area contributed by atoms with Gasteiger partial charge < -0.3 is 15.1 Å². The van der Waals surface area contributed by atoms with Crippen LogP contribution in [0, 0.1) is 0 Å². The molecule has 0 aliphatic rings. The van der Waals surface area contributed by atoms with Crippen LogP contribution in [0.4, 0.5) is 13.2 Å². The summed E-state index contributed by atoms with van der Waals surface area (Å²) in [5.74, 6) is 5.29. The van der Waals surface area contributed by atoms with E-state index >= 15 is 0 Å². The molecule has 0 aliphatic carbocycles. The van der Waals surface area contributed by atoms with Crippen molar-refractivity contribution >= 4 is 11.8 Å². The minimum atomic E-state index is -4.68. The van der Waals surface area contributed by atoms with Gasteiger partial charge in [-0.1, -0.05) is 29.1 Å². The zero-order chi connectivity index (χ0) is 18.7. The molecular weight excluding hydrogens is 373 g/mol. The first-order valence-electron chi connectivity index (χ1n) is 7.35. The van der Waals surface area contributed by atoms with Gasteiger partial charge in [0.05, 0.1) is 17.9 Å². The van der Waals surface area contributed by atoms with Crippen molar-refractivity contribution in [2.75, 3.05) is 12.4 Å². The topological polar surface area (TPSA) is 105 Å². The smallest absolute Gasteiger partial charge is 0.453 e. The predicted molar refractivity (Wildman–Crippen MR) is 85.6 cm³/mol. The Kier molecular flexibility index (Phi) is 5.02. The first kappa shape index (κ1) is 18.0. The quantitative estimate of drug-likeness (QED) is 0.509. The molecule has 0 aliphatic heterocycles.